The lowest BCUT2D eigenvalue weighted by Gasteiger charge is -2.26. The monoisotopic (exact) mass is 420 g/mol. The van der Waals surface area contributed by atoms with E-state index in [0.717, 1.165) is 5.69 Å². The summed E-state index contributed by atoms with van der Waals surface area (Å²) in [5.74, 6) is 0. The normalized spacial score (nSPS) is 16.3. The number of hydrogen-bond donors (Lipinski definition) is 0. The molecule has 1 aromatic carbocycles. The summed E-state index contributed by atoms with van der Waals surface area (Å²) in [7, 11) is 0. The van der Waals surface area contributed by atoms with Crippen LogP contribution in [0.5, 0.6) is 0 Å². The molecule has 0 saturated heterocycles. The minimum Gasteiger partial charge on any atom is -0.345 e. The molecule has 1 saturated carbocycles. The molecule has 0 bridgehead atoms. The van der Waals surface area contributed by atoms with E-state index in [9.17, 15) is 0 Å². The van der Waals surface area contributed by atoms with Crippen molar-refractivity contribution < 1.29 is 0 Å². The number of halogens is 1. The van der Waals surface area contributed by atoms with Crippen LogP contribution in [0.15, 0.2) is 29.3 Å². The van der Waals surface area contributed by atoms with Gasteiger partial charge < -0.3 is 4.57 Å². The highest BCUT2D eigenvalue weighted by molar-refractivity contribution is 14.1. The van der Waals surface area contributed by atoms with Gasteiger partial charge in [-0.15, -0.1) is 0 Å². The first kappa shape index (κ1) is 16.7. The molecule has 0 amide bonds. The zero-order chi connectivity index (χ0) is 16.4. The van der Waals surface area contributed by atoms with Crippen molar-refractivity contribution in [2.45, 2.75) is 58.9 Å². The largest absolute Gasteiger partial charge is 0.345 e. The SMILES string of the molecule is Cc1cc(N=Cc2cc(C)n(C3CCCCC3)c2C)ccc1I. The smallest absolute Gasteiger partial charge is 0.0633 e. The van der Waals surface area contributed by atoms with Gasteiger partial charge >= 0.3 is 0 Å². The standard InChI is InChI=1S/C20H25IN2/c1-14-11-18(9-10-20(14)21)22-13-17-12-15(2)23(16(17)3)19-7-5-4-6-8-19/h9-13,19H,4-8H2,1-3H3. The Bertz CT molecular complexity index is 721. The summed E-state index contributed by atoms with van der Waals surface area (Å²) < 4.78 is 3.83. The maximum atomic E-state index is 4.70. The van der Waals surface area contributed by atoms with Gasteiger partial charge in [0.05, 0.1) is 5.69 Å². The summed E-state index contributed by atoms with van der Waals surface area (Å²) in [5, 5.41) is 0. The molecule has 1 aliphatic rings. The highest BCUT2D eigenvalue weighted by Gasteiger charge is 2.19. The Labute approximate surface area is 153 Å². The van der Waals surface area contributed by atoms with Crippen molar-refractivity contribution in [2.24, 2.45) is 4.99 Å². The summed E-state index contributed by atoms with van der Waals surface area (Å²) in [4.78, 5) is 4.70. The average molecular weight is 420 g/mol. The van der Waals surface area contributed by atoms with E-state index in [0.29, 0.717) is 6.04 Å². The van der Waals surface area contributed by atoms with E-state index >= 15 is 0 Å². The molecule has 3 rings (SSSR count). The lowest BCUT2D eigenvalue weighted by Crippen LogP contribution is -2.15. The van der Waals surface area contributed by atoms with Crippen molar-refractivity contribution in [3.8, 4) is 0 Å². The predicted octanol–water partition coefficient (Wildman–Crippen LogP) is 6.27. The minimum absolute atomic E-state index is 0.687. The second-order valence-electron chi connectivity index (χ2n) is 6.68. The average Bonchev–Trinajstić information content (AvgIpc) is 2.83. The number of hydrogen-bond acceptors (Lipinski definition) is 1. The van der Waals surface area contributed by atoms with Crippen molar-refractivity contribution in [3.63, 3.8) is 0 Å². The minimum atomic E-state index is 0.687. The Morgan fingerprint density at radius 1 is 1.09 bits per heavy atom. The number of benzene rings is 1. The molecule has 0 N–H and O–H groups in total. The Balaban J connectivity index is 1.85. The van der Waals surface area contributed by atoms with E-state index in [-0.39, 0.29) is 0 Å². The first-order chi connectivity index (χ1) is 11.1. The molecule has 1 heterocycles. The van der Waals surface area contributed by atoms with Crippen molar-refractivity contribution in [1.29, 1.82) is 0 Å². The second kappa shape index (κ2) is 7.20. The Kier molecular flexibility index (Phi) is 5.24. The summed E-state index contributed by atoms with van der Waals surface area (Å²) >= 11 is 2.36. The maximum absolute atomic E-state index is 4.70. The van der Waals surface area contributed by atoms with Crippen LogP contribution in [-0.4, -0.2) is 10.8 Å². The molecular formula is C20H25IN2. The lowest BCUT2D eigenvalue weighted by atomic mass is 9.95. The van der Waals surface area contributed by atoms with E-state index < -0.39 is 0 Å². The van der Waals surface area contributed by atoms with Gasteiger partial charge in [0.25, 0.3) is 0 Å². The molecular weight excluding hydrogens is 395 g/mol. The fourth-order valence-corrected chi connectivity index (χ4v) is 4.02. The number of rotatable bonds is 3. The van der Waals surface area contributed by atoms with Gasteiger partial charge in [0, 0.05) is 32.8 Å². The zero-order valence-corrected chi connectivity index (χ0v) is 16.4. The van der Waals surface area contributed by atoms with Crippen LogP contribution in [0.4, 0.5) is 5.69 Å². The van der Waals surface area contributed by atoms with E-state index in [2.05, 4.69) is 72.2 Å². The summed E-state index contributed by atoms with van der Waals surface area (Å²) in [6.45, 7) is 6.60. The molecule has 0 atom stereocenters. The highest BCUT2D eigenvalue weighted by atomic mass is 127. The van der Waals surface area contributed by atoms with Crippen LogP contribution in [0.1, 0.15) is 60.7 Å². The van der Waals surface area contributed by atoms with Gasteiger partial charge in [-0.3, -0.25) is 4.99 Å². The molecule has 1 aromatic heterocycles. The van der Waals surface area contributed by atoms with Crippen LogP contribution < -0.4 is 0 Å². The summed E-state index contributed by atoms with van der Waals surface area (Å²) in [5.41, 5.74) is 6.30. The molecule has 2 nitrogen and oxygen atoms in total. The Hall–Kier alpha value is -1.10. The van der Waals surface area contributed by atoms with E-state index in [4.69, 9.17) is 4.99 Å². The molecule has 23 heavy (non-hydrogen) atoms. The number of aliphatic imine (C=N–C) groups is 1. The summed E-state index contributed by atoms with van der Waals surface area (Å²) in [6, 6.07) is 9.34. The van der Waals surface area contributed by atoms with Crippen LogP contribution >= 0.6 is 22.6 Å². The first-order valence-electron chi connectivity index (χ1n) is 8.55. The van der Waals surface area contributed by atoms with Gasteiger partial charge in [0.1, 0.15) is 0 Å². The first-order valence-corrected chi connectivity index (χ1v) is 9.63. The number of aryl methyl sites for hydroxylation is 2. The van der Waals surface area contributed by atoms with Crippen LogP contribution in [0.2, 0.25) is 0 Å². The van der Waals surface area contributed by atoms with Gasteiger partial charge in [0.15, 0.2) is 0 Å². The van der Waals surface area contributed by atoms with Crippen LogP contribution in [0.3, 0.4) is 0 Å². The number of aromatic nitrogens is 1. The third-order valence-corrected chi connectivity index (χ3v) is 6.17. The van der Waals surface area contributed by atoms with Gasteiger partial charge in [-0.25, -0.2) is 0 Å². The molecule has 1 aliphatic carbocycles. The fraction of sp³-hybridized carbons (Fsp3) is 0.450. The molecule has 1 fully saturated rings. The van der Waals surface area contributed by atoms with E-state index in [1.54, 1.807) is 0 Å². The molecule has 0 unspecified atom stereocenters. The van der Waals surface area contributed by atoms with E-state index in [1.165, 1.54) is 58.2 Å². The van der Waals surface area contributed by atoms with Crippen LogP contribution in [0.25, 0.3) is 0 Å². The fourth-order valence-electron chi connectivity index (χ4n) is 3.69. The molecule has 122 valence electrons. The molecule has 0 spiro atoms. The van der Waals surface area contributed by atoms with Crippen molar-refractivity contribution in [1.82, 2.24) is 4.57 Å². The Morgan fingerprint density at radius 2 is 1.83 bits per heavy atom. The van der Waals surface area contributed by atoms with Crippen molar-refractivity contribution in [2.75, 3.05) is 0 Å². The van der Waals surface area contributed by atoms with Gasteiger partial charge in [-0.1, -0.05) is 19.3 Å². The van der Waals surface area contributed by atoms with Crippen molar-refractivity contribution >= 4 is 34.5 Å². The van der Waals surface area contributed by atoms with Crippen LogP contribution in [-0.2, 0) is 0 Å². The van der Waals surface area contributed by atoms with Crippen molar-refractivity contribution in [3.05, 3.63) is 50.4 Å². The lowest BCUT2D eigenvalue weighted by molar-refractivity contribution is 0.346. The molecule has 2 aromatic rings. The molecule has 0 aliphatic heterocycles. The third-order valence-electron chi connectivity index (χ3n) is 4.96. The summed E-state index contributed by atoms with van der Waals surface area (Å²) in [6.07, 6.45) is 8.81. The van der Waals surface area contributed by atoms with Gasteiger partial charge in [0.2, 0.25) is 0 Å². The van der Waals surface area contributed by atoms with E-state index in [1.807, 2.05) is 6.21 Å². The number of nitrogens with zero attached hydrogens (tertiary/aromatic N) is 2. The van der Waals surface area contributed by atoms with Crippen LogP contribution in [0, 0.1) is 24.3 Å². The zero-order valence-electron chi connectivity index (χ0n) is 14.3. The Morgan fingerprint density at radius 3 is 2.52 bits per heavy atom. The van der Waals surface area contributed by atoms with Gasteiger partial charge in [-0.05, 0) is 86.0 Å². The molecule has 0 radical (unpaired) electrons. The third kappa shape index (κ3) is 3.70. The topological polar surface area (TPSA) is 17.3 Å². The van der Waals surface area contributed by atoms with Gasteiger partial charge in [-0.2, -0.15) is 0 Å². The maximum Gasteiger partial charge on any atom is 0.0633 e. The second-order valence-corrected chi connectivity index (χ2v) is 7.84. The molecule has 3 heteroatoms. The quantitative estimate of drug-likeness (QED) is 0.411. The predicted molar refractivity (Wildman–Crippen MR) is 107 cm³/mol. The highest BCUT2D eigenvalue weighted by Crippen LogP contribution is 2.32.